The first kappa shape index (κ1) is 24.0. The van der Waals surface area contributed by atoms with Gasteiger partial charge in [0.05, 0.1) is 29.8 Å². The summed E-state index contributed by atoms with van der Waals surface area (Å²) in [6.07, 6.45) is -0.364. The molecule has 0 bridgehead atoms. The van der Waals surface area contributed by atoms with Crippen molar-refractivity contribution in [3.8, 4) is 0 Å². The van der Waals surface area contributed by atoms with Gasteiger partial charge < -0.3 is 25.0 Å². The van der Waals surface area contributed by atoms with Gasteiger partial charge in [0.2, 0.25) is 0 Å². The van der Waals surface area contributed by atoms with E-state index in [1.165, 1.54) is 24.3 Å². The molecular formula is C21H27N5O7. The molecule has 178 valence electrons. The number of carbonyl (C=O) groups excluding carboxylic acids is 3. The number of ether oxygens (including phenoxy) is 2. The molecule has 1 aromatic carbocycles. The van der Waals surface area contributed by atoms with E-state index in [1.54, 1.807) is 18.7 Å². The number of rotatable bonds is 7. The summed E-state index contributed by atoms with van der Waals surface area (Å²) in [5, 5.41) is 16.4. The molecule has 1 atom stereocenters. The quantitative estimate of drug-likeness (QED) is 0.354. The van der Waals surface area contributed by atoms with Crippen LogP contribution in [0.1, 0.15) is 25.5 Å². The molecule has 1 unspecified atom stereocenters. The fourth-order valence-electron chi connectivity index (χ4n) is 3.76. The topological polar surface area (TPSA) is 143 Å². The molecule has 12 heteroatoms. The second-order valence-electron chi connectivity index (χ2n) is 7.45. The van der Waals surface area contributed by atoms with E-state index < -0.39 is 23.0 Å². The average molecular weight is 461 g/mol. The van der Waals surface area contributed by atoms with Crippen molar-refractivity contribution in [3.05, 3.63) is 51.2 Å². The van der Waals surface area contributed by atoms with E-state index in [-0.39, 0.29) is 30.5 Å². The highest BCUT2D eigenvalue weighted by molar-refractivity contribution is 5.95. The average Bonchev–Trinajstić information content (AvgIpc) is 2.79. The summed E-state index contributed by atoms with van der Waals surface area (Å²) in [6, 6.07) is 4.33. The highest BCUT2D eigenvalue weighted by atomic mass is 16.6. The van der Waals surface area contributed by atoms with Crippen molar-refractivity contribution in [2.75, 3.05) is 45.9 Å². The minimum Gasteiger partial charge on any atom is -0.463 e. The van der Waals surface area contributed by atoms with Crippen molar-refractivity contribution < 1.29 is 28.8 Å². The van der Waals surface area contributed by atoms with E-state index in [4.69, 9.17) is 9.47 Å². The monoisotopic (exact) mass is 461 g/mol. The molecule has 0 radical (unpaired) electrons. The third-order valence-electron chi connectivity index (χ3n) is 5.37. The Bertz CT molecular complexity index is 939. The summed E-state index contributed by atoms with van der Waals surface area (Å²) in [5.41, 5.74) is 1.05. The lowest BCUT2D eigenvalue weighted by atomic mass is 9.94. The number of benzene rings is 1. The van der Waals surface area contributed by atoms with Gasteiger partial charge >= 0.3 is 18.1 Å². The second-order valence-corrected chi connectivity index (χ2v) is 7.45. The second kappa shape index (κ2) is 10.8. The molecule has 3 rings (SSSR count). The Labute approximate surface area is 190 Å². The molecule has 1 aromatic rings. The molecule has 0 saturated carbocycles. The fourth-order valence-corrected chi connectivity index (χ4v) is 3.76. The number of amides is 3. The van der Waals surface area contributed by atoms with Gasteiger partial charge in [-0.3, -0.25) is 15.0 Å². The summed E-state index contributed by atoms with van der Waals surface area (Å²) >= 11 is 0. The zero-order valence-electron chi connectivity index (χ0n) is 18.5. The number of nitrogens with zero attached hydrogens (tertiary/aromatic N) is 3. The smallest absolute Gasteiger partial charge is 0.409 e. The summed E-state index contributed by atoms with van der Waals surface area (Å²) in [7, 11) is 0. The number of nitrogens with one attached hydrogen (secondary N) is 2. The first-order valence-electron chi connectivity index (χ1n) is 10.7. The van der Waals surface area contributed by atoms with Crippen molar-refractivity contribution in [2.24, 2.45) is 0 Å². The van der Waals surface area contributed by atoms with Crippen molar-refractivity contribution in [1.29, 1.82) is 0 Å². The van der Waals surface area contributed by atoms with E-state index in [2.05, 4.69) is 10.6 Å². The van der Waals surface area contributed by atoms with Crippen LogP contribution >= 0.6 is 0 Å². The lowest BCUT2D eigenvalue weighted by Gasteiger charge is -2.36. The third-order valence-corrected chi connectivity index (χ3v) is 5.37. The Morgan fingerprint density at radius 2 is 1.73 bits per heavy atom. The number of esters is 1. The van der Waals surface area contributed by atoms with E-state index >= 15 is 0 Å². The lowest BCUT2D eigenvalue weighted by molar-refractivity contribution is -0.384. The lowest BCUT2D eigenvalue weighted by Crippen LogP contribution is -2.52. The SMILES string of the molecule is CCOC(=O)C1=C(CN2CCN(C(=O)OCC)CC2)NC(=O)NC1c1ccc([N+](=O)[O-])cc1. The van der Waals surface area contributed by atoms with Gasteiger partial charge in [-0.25, -0.2) is 14.4 Å². The van der Waals surface area contributed by atoms with E-state index in [0.29, 0.717) is 44.0 Å². The van der Waals surface area contributed by atoms with Crippen LogP contribution in [0.2, 0.25) is 0 Å². The summed E-state index contributed by atoms with van der Waals surface area (Å²) in [5.74, 6) is -0.589. The van der Waals surface area contributed by atoms with E-state index in [9.17, 15) is 24.5 Å². The number of hydrogen-bond acceptors (Lipinski definition) is 8. The van der Waals surface area contributed by atoms with E-state index in [1.807, 2.05) is 4.90 Å². The number of nitro groups is 1. The first-order chi connectivity index (χ1) is 15.8. The molecule has 0 aromatic heterocycles. The van der Waals surface area contributed by atoms with Crippen molar-refractivity contribution in [3.63, 3.8) is 0 Å². The van der Waals surface area contributed by atoms with Crippen LogP contribution in [0.4, 0.5) is 15.3 Å². The van der Waals surface area contributed by atoms with Crippen LogP contribution in [0, 0.1) is 10.1 Å². The predicted octanol–water partition coefficient (Wildman–Crippen LogP) is 1.54. The Morgan fingerprint density at radius 1 is 1.09 bits per heavy atom. The molecule has 12 nitrogen and oxygen atoms in total. The van der Waals surface area contributed by atoms with Crippen LogP contribution in [0.25, 0.3) is 0 Å². The normalized spacial score (nSPS) is 18.9. The minimum atomic E-state index is -0.825. The van der Waals surface area contributed by atoms with Crippen LogP contribution in [0.5, 0.6) is 0 Å². The Balaban J connectivity index is 1.85. The molecule has 33 heavy (non-hydrogen) atoms. The molecule has 2 aliphatic rings. The van der Waals surface area contributed by atoms with E-state index in [0.717, 1.165) is 0 Å². The number of nitro benzene ring substituents is 1. The van der Waals surface area contributed by atoms with Gasteiger partial charge in [0, 0.05) is 50.6 Å². The number of hydrogen-bond donors (Lipinski definition) is 2. The number of carbonyl (C=O) groups is 3. The molecule has 3 amide bonds. The summed E-state index contributed by atoms with van der Waals surface area (Å²) in [6.45, 7) is 6.13. The number of urea groups is 1. The molecular weight excluding hydrogens is 434 g/mol. The van der Waals surface area contributed by atoms with Gasteiger partial charge in [-0.1, -0.05) is 0 Å². The Hall–Kier alpha value is -3.67. The summed E-state index contributed by atoms with van der Waals surface area (Å²) < 4.78 is 10.3. The largest absolute Gasteiger partial charge is 0.463 e. The molecule has 2 N–H and O–H groups in total. The molecule has 1 fully saturated rings. The van der Waals surface area contributed by atoms with Gasteiger partial charge in [0.15, 0.2) is 0 Å². The Morgan fingerprint density at radius 3 is 2.30 bits per heavy atom. The van der Waals surface area contributed by atoms with Crippen LogP contribution in [-0.2, 0) is 14.3 Å². The van der Waals surface area contributed by atoms with Crippen LogP contribution in [-0.4, -0.2) is 78.8 Å². The fraction of sp³-hybridized carbons (Fsp3) is 0.476. The molecule has 1 saturated heterocycles. The zero-order chi connectivity index (χ0) is 24.0. The molecule has 0 aliphatic carbocycles. The van der Waals surface area contributed by atoms with Gasteiger partial charge in [-0.15, -0.1) is 0 Å². The third kappa shape index (κ3) is 5.77. The highest BCUT2D eigenvalue weighted by Gasteiger charge is 2.35. The van der Waals surface area contributed by atoms with Crippen molar-refractivity contribution in [1.82, 2.24) is 20.4 Å². The van der Waals surface area contributed by atoms with Crippen LogP contribution < -0.4 is 10.6 Å². The van der Waals surface area contributed by atoms with Crippen LogP contribution in [0.15, 0.2) is 35.5 Å². The van der Waals surface area contributed by atoms with Gasteiger partial charge in [0.25, 0.3) is 5.69 Å². The maximum absolute atomic E-state index is 12.9. The number of non-ortho nitro benzene ring substituents is 1. The first-order valence-corrected chi connectivity index (χ1v) is 10.7. The predicted molar refractivity (Wildman–Crippen MR) is 116 cm³/mol. The van der Waals surface area contributed by atoms with Gasteiger partial charge in [0.1, 0.15) is 0 Å². The number of piperazine rings is 1. The molecule has 2 heterocycles. The minimum absolute atomic E-state index is 0.0969. The highest BCUT2D eigenvalue weighted by Crippen LogP contribution is 2.29. The zero-order valence-corrected chi connectivity index (χ0v) is 18.5. The molecule has 0 spiro atoms. The van der Waals surface area contributed by atoms with Gasteiger partial charge in [-0.05, 0) is 31.5 Å². The summed E-state index contributed by atoms with van der Waals surface area (Å²) in [4.78, 5) is 51.3. The maximum Gasteiger partial charge on any atom is 0.409 e. The van der Waals surface area contributed by atoms with Crippen molar-refractivity contribution >= 4 is 23.8 Å². The van der Waals surface area contributed by atoms with Gasteiger partial charge in [-0.2, -0.15) is 0 Å². The van der Waals surface area contributed by atoms with Crippen molar-refractivity contribution in [2.45, 2.75) is 19.9 Å². The Kier molecular flexibility index (Phi) is 7.83. The van der Waals surface area contributed by atoms with Crippen LogP contribution in [0.3, 0.4) is 0 Å². The molecule has 2 aliphatic heterocycles. The maximum atomic E-state index is 12.9. The standard InChI is InChI=1S/C21H27N5O7/c1-3-32-19(27)17-16(13-24-9-11-25(12-10-24)21(29)33-4-2)22-20(28)23-18(17)14-5-7-15(8-6-14)26(30)31/h5-8,18H,3-4,9-13H2,1-2H3,(H2,22,23,28).